The third-order valence-corrected chi connectivity index (χ3v) is 4.07. The fourth-order valence-electron chi connectivity index (χ4n) is 2.86. The Morgan fingerprint density at radius 3 is 2.95 bits per heavy atom. The molecule has 0 radical (unpaired) electrons. The number of aromatic nitrogens is 2. The van der Waals surface area contributed by atoms with Crippen molar-refractivity contribution >= 4 is 5.91 Å². The lowest BCUT2D eigenvalue weighted by Crippen LogP contribution is -2.43. The number of amides is 1. The molecular weight excluding hydrogens is 280 g/mol. The van der Waals surface area contributed by atoms with Crippen molar-refractivity contribution in [1.29, 1.82) is 0 Å². The van der Waals surface area contributed by atoms with Gasteiger partial charge in [-0.15, -0.1) is 6.58 Å². The maximum Gasteiger partial charge on any atom is 0.236 e. The molecule has 1 aliphatic heterocycles. The van der Waals surface area contributed by atoms with Crippen molar-refractivity contribution < 1.29 is 9.53 Å². The van der Waals surface area contributed by atoms with Crippen LogP contribution in [0.15, 0.2) is 25.0 Å². The van der Waals surface area contributed by atoms with Gasteiger partial charge in [0.2, 0.25) is 5.91 Å². The highest BCUT2D eigenvalue weighted by Gasteiger charge is 2.36. The molecule has 2 heterocycles. The molecule has 1 aromatic rings. The quantitative estimate of drug-likeness (QED) is 0.696. The Balaban J connectivity index is 2.07. The number of ether oxygens (including phenoxy) is 1. The summed E-state index contributed by atoms with van der Waals surface area (Å²) in [6.45, 7) is 5.57. The van der Waals surface area contributed by atoms with Gasteiger partial charge in [-0.25, -0.2) is 0 Å². The zero-order valence-electron chi connectivity index (χ0n) is 13.7. The highest BCUT2D eigenvalue weighted by molar-refractivity contribution is 5.77. The highest BCUT2D eigenvalue weighted by Crippen LogP contribution is 2.24. The SMILES string of the molecule is C=CCO[C@@H]1CCN(CC(=O)N(C)C)[C@H]1Cc1cnn(C)c1. The van der Waals surface area contributed by atoms with E-state index < -0.39 is 0 Å². The molecule has 1 aliphatic rings. The smallest absolute Gasteiger partial charge is 0.236 e. The summed E-state index contributed by atoms with van der Waals surface area (Å²) in [5.74, 6) is 0.126. The fraction of sp³-hybridized carbons (Fsp3) is 0.625. The molecule has 2 rings (SSSR count). The number of likely N-dealkylation sites (N-methyl/N-ethyl adjacent to an activating group) is 1. The highest BCUT2D eigenvalue weighted by atomic mass is 16.5. The summed E-state index contributed by atoms with van der Waals surface area (Å²) in [5.41, 5.74) is 1.17. The minimum absolute atomic E-state index is 0.126. The van der Waals surface area contributed by atoms with Crippen molar-refractivity contribution in [3.63, 3.8) is 0 Å². The Hall–Kier alpha value is -1.66. The second-order valence-electron chi connectivity index (χ2n) is 6.00. The Morgan fingerprint density at radius 2 is 2.36 bits per heavy atom. The zero-order valence-corrected chi connectivity index (χ0v) is 13.7. The Morgan fingerprint density at radius 1 is 1.59 bits per heavy atom. The fourth-order valence-corrected chi connectivity index (χ4v) is 2.86. The van der Waals surface area contributed by atoms with Gasteiger partial charge in [0.15, 0.2) is 0 Å². The zero-order chi connectivity index (χ0) is 16.1. The van der Waals surface area contributed by atoms with Gasteiger partial charge in [-0.1, -0.05) is 6.08 Å². The van der Waals surface area contributed by atoms with Crippen molar-refractivity contribution in [2.75, 3.05) is 33.8 Å². The van der Waals surface area contributed by atoms with Gasteiger partial charge in [-0.3, -0.25) is 14.4 Å². The van der Waals surface area contributed by atoms with Gasteiger partial charge < -0.3 is 9.64 Å². The third-order valence-electron chi connectivity index (χ3n) is 4.07. The first-order valence-corrected chi connectivity index (χ1v) is 7.65. The van der Waals surface area contributed by atoms with E-state index in [0.717, 1.165) is 19.4 Å². The summed E-state index contributed by atoms with van der Waals surface area (Å²) in [4.78, 5) is 15.9. The van der Waals surface area contributed by atoms with Crippen LogP contribution in [0.1, 0.15) is 12.0 Å². The molecule has 2 atom stereocenters. The molecule has 6 nitrogen and oxygen atoms in total. The molecule has 0 N–H and O–H groups in total. The average molecular weight is 306 g/mol. The van der Waals surface area contributed by atoms with Crippen molar-refractivity contribution in [2.45, 2.75) is 25.0 Å². The lowest BCUT2D eigenvalue weighted by atomic mass is 10.0. The molecule has 122 valence electrons. The van der Waals surface area contributed by atoms with Crippen molar-refractivity contribution in [3.8, 4) is 0 Å². The first kappa shape index (κ1) is 16.7. The predicted octanol–water partition coefficient (Wildman–Crippen LogP) is 0.696. The predicted molar refractivity (Wildman–Crippen MR) is 85.5 cm³/mol. The lowest BCUT2D eigenvalue weighted by Gasteiger charge is -2.28. The maximum atomic E-state index is 12.0. The average Bonchev–Trinajstić information content (AvgIpc) is 3.04. The van der Waals surface area contributed by atoms with Gasteiger partial charge in [-0.05, 0) is 18.4 Å². The summed E-state index contributed by atoms with van der Waals surface area (Å²) in [5, 5.41) is 4.23. The van der Waals surface area contributed by atoms with Gasteiger partial charge >= 0.3 is 0 Å². The van der Waals surface area contributed by atoms with E-state index in [2.05, 4.69) is 16.6 Å². The number of nitrogens with zero attached hydrogens (tertiary/aromatic N) is 4. The number of carbonyl (C=O) groups excluding carboxylic acids is 1. The van der Waals surface area contributed by atoms with Gasteiger partial charge in [-0.2, -0.15) is 5.10 Å². The van der Waals surface area contributed by atoms with Crippen LogP contribution in [-0.2, 0) is 23.0 Å². The number of hydrogen-bond acceptors (Lipinski definition) is 4. The summed E-state index contributed by atoms with van der Waals surface area (Å²) in [6, 6.07) is 0.202. The van der Waals surface area contributed by atoms with Crippen molar-refractivity contribution in [2.24, 2.45) is 7.05 Å². The molecule has 1 amide bonds. The first-order valence-electron chi connectivity index (χ1n) is 7.65. The minimum Gasteiger partial charge on any atom is -0.372 e. The summed E-state index contributed by atoms with van der Waals surface area (Å²) < 4.78 is 7.71. The van der Waals surface area contributed by atoms with Crippen LogP contribution < -0.4 is 0 Å². The molecule has 0 spiro atoms. The number of aryl methyl sites for hydroxylation is 1. The molecule has 22 heavy (non-hydrogen) atoms. The van der Waals surface area contributed by atoms with Crippen LogP contribution in [0.4, 0.5) is 0 Å². The van der Waals surface area contributed by atoms with Crippen LogP contribution in [0.3, 0.4) is 0 Å². The monoisotopic (exact) mass is 306 g/mol. The topological polar surface area (TPSA) is 50.6 Å². The standard InChI is InChI=1S/C16H26N4O2/c1-5-8-22-15-6-7-20(12-16(21)18(2)3)14(15)9-13-10-17-19(4)11-13/h5,10-11,14-15H,1,6-9,12H2,2-4H3/t14-,15+/m0/s1. The Labute approximate surface area is 132 Å². The van der Waals surface area contributed by atoms with E-state index in [4.69, 9.17) is 4.74 Å². The number of rotatable bonds is 7. The van der Waals surface area contributed by atoms with E-state index in [1.54, 1.807) is 29.8 Å². The molecule has 1 saturated heterocycles. The van der Waals surface area contributed by atoms with Crippen molar-refractivity contribution in [3.05, 3.63) is 30.6 Å². The summed E-state index contributed by atoms with van der Waals surface area (Å²) in [7, 11) is 5.50. The van der Waals surface area contributed by atoms with Gasteiger partial charge in [0.25, 0.3) is 0 Å². The molecule has 0 unspecified atom stereocenters. The van der Waals surface area contributed by atoms with Crippen LogP contribution in [-0.4, -0.2) is 71.4 Å². The molecular formula is C16H26N4O2. The van der Waals surface area contributed by atoms with Crippen LogP contribution in [0.25, 0.3) is 0 Å². The van der Waals surface area contributed by atoms with Crippen LogP contribution in [0.5, 0.6) is 0 Å². The van der Waals surface area contributed by atoms with E-state index in [0.29, 0.717) is 13.2 Å². The third kappa shape index (κ3) is 4.18. The van der Waals surface area contributed by atoms with Gasteiger partial charge in [0.1, 0.15) is 0 Å². The van der Waals surface area contributed by atoms with E-state index in [9.17, 15) is 4.79 Å². The summed E-state index contributed by atoms with van der Waals surface area (Å²) >= 11 is 0. The van der Waals surface area contributed by atoms with Crippen LogP contribution in [0, 0.1) is 0 Å². The lowest BCUT2D eigenvalue weighted by molar-refractivity contribution is -0.130. The normalized spacial score (nSPS) is 22.0. The van der Waals surface area contributed by atoms with Crippen molar-refractivity contribution in [1.82, 2.24) is 19.6 Å². The molecule has 0 bridgehead atoms. The molecule has 0 saturated carbocycles. The van der Waals surface area contributed by atoms with E-state index >= 15 is 0 Å². The largest absolute Gasteiger partial charge is 0.372 e. The maximum absolute atomic E-state index is 12.0. The first-order chi connectivity index (χ1) is 10.5. The van der Waals surface area contributed by atoms with Crippen LogP contribution >= 0.6 is 0 Å². The van der Waals surface area contributed by atoms with E-state index in [-0.39, 0.29) is 18.1 Å². The molecule has 1 fully saturated rings. The minimum atomic E-state index is 0.126. The van der Waals surface area contributed by atoms with E-state index in [1.165, 1.54) is 5.56 Å². The molecule has 0 aliphatic carbocycles. The number of carbonyl (C=O) groups is 1. The number of likely N-dealkylation sites (tertiary alicyclic amines) is 1. The summed E-state index contributed by atoms with van der Waals surface area (Å²) in [6.07, 6.45) is 7.60. The molecule has 6 heteroatoms. The Bertz CT molecular complexity index is 512. The number of hydrogen-bond donors (Lipinski definition) is 0. The van der Waals surface area contributed by atoms with Gasteiger partial charge in [0.05, 0.1) is 25.5 Å². The second kappa shape index (κ2) is 7.56. The molecule has 0 aromatic carbocycles. The van der Waals surface area contributed by atoms with Crippen LogP contribution in [0.2, 0.25) is 0 Å². The van der Waals surface area contributed by atoms with Gasteiger partial charge in [0, 0.05) is 39.9 Å². The van der Waals surface area contributed by atoms with E-state index in [1.807, 2.05) is 19.4 Å². The second-order valence-corrected chi connectivity index (χ2v) is 6.00. The Kier molecular flexibility index (Phi) is 5.74. The molecule has 1 aromatic heterocycles.